The van der Waals surface area contributed by atoms with Crippen molar-refractivity contribution in [3.05, 3.63) is 36.5 Å². The van der Waals surface area contributed by atoms with E-state index in [1.54, 1.807) is 6.08 Å². The minimum atomic E-state index is 1.00. The molecule has 0 aromatic carbocycles. The highest BCUT2D eigenvalue weighted by atomic mass is 16.2. The zero-order valence-electron chi connectivity index (χ0n) is 7.02. The third-order valence-corrected chi connectivity index (χ3v) is 1.04. The Bertz CT molecular complexity index is 132. The van der Waals surface area contributed by atoms with Crippen LogP contribution in [0, 0.1) is 0 Å². The second kappa shape index (κ2) is 8.18. The van der Waals surface area contributed by atoms with Gasteiger partial charge in [0.1, 0.15) is 0 Å². The molecule has 0 saturated carbocycles. The first kappa shape index (κ1) is 11.9. The number of hydrogen-bond acceptors (Lipinski definition) is 1. The van der Waals surface area contributed by atoms with Crippen LogP contribution in [0.1, 0.15) is 13.8 Å². The van der Waals surface area contributed by atoms with Crippen molar-refractivity contribution in [2.45, 2.75) is 13.8 Å². The fourth-order valence-electron chi connectivity index (χ4n) is 0.319. The van der Waals surface area contributed by atoms with Crippen LogP contribution in [0.3, 0.4) is 0 Å². The lowest BCUT2D eigenvalue weighted by atomic mass is 10.1. The van der Waals surface area contributed by atoms with Crippen molar-refractivity contribution in [3.8, 4) is 0 Å². The van der Waals surface area contributed by atoms with Crippen LogP contribution in [0.2, 0.25) is 0 Å². The van der Waals surface area contributed by atoms with Gasteiger partial charge in [-0.3, -0.25) is 0 Å². The Morgan fingerprint density at radius 2 is 1.70 bits per heavy atom. The summed E-state index contributed by atoms with van der Waals surface area (Å²) >= 11 is 0. The van der Waals surface area contributed by atoms with Crippen LogP contribution < -0.4 is 0 Å². The summed E-state index contributed by atoms with van der Waals surface area (Å²) in [5.74, 6) is 0. The van der Waals surface area contributed by atoms with Crippen molar-refractivity contribution in [1.82, 2.24) is 0 Å². The van der Waals surface area contributed by atoms with Crippen molar-refractivity contribution in [3.63, 3.8) is 0 Å². The van der Waals surface area contributed by atoms with E-state index in [4.69, 9.17) is 5.11 Å². The fourth-order valence-corrected chi connectivity index (χ4v) is 0.319. The van der Waals surface area contributed by atoms with Gasteiger partial charge in [0.05, 0.1) is 0 Å². The Morgan fingerprint density at radius 1 is 1.30 bits per heavy atom. The minimum Gasteiger partial charge on any atom is -0.400 e. The molecule has 0 aromatic rings. The van der Waals surface area contributed by atoms with Gasteiger partial charge in [0.15, 0.2) is 0 Å². The maximum atomic E-state index is 7.00. The molecule has 0 aliphatic carbocycles. The normalized spacial score (nSPS) is 9.40. The average Bonchev–Trinajstić information content (AvgIpc) is 1.93. The average molecular weight is 140 g/mol. The standard InChI is InChI=1S/C8H12.CH4O/c1-5-6-8(4)7(2)3;1-2/h5-6H,1-2H2,3-4H3;2H,1H3/b8-6-;. The molecule has 0 fully saturated rings. The molecule has 0 saturated heterocycles. The molecule has 1 N–H and O–H groups in total. The number of aliphatic hydroxyl groups excluding tert-OH is 1. The van der Waals surface area contributed by atoms with Gasteiger partial charge in [-0.15, -0.1) is 0 Å². The molecule has 0 amide bonds. The first-order valence-corrected chi connectivity index (χ1v) is 3.08. The van der Waals surface area contributed by atoms with E-state index in [-0.39, 0.29) is 0 Å². The van der Waals surface area contributed by atoms with Crippen molar-refractivity contribution < 1.29 is 5.11 Å². The molecule has 0 heterocycles. The molecule has 0 aliphatic rings. The van der Waals surface area contributed by atoms with Gasteiger partial charge in [-0.2, -0.15) is 0 Å². The molecule has 0 bridgehead atoms. The summed E-state index contributed by atoms with van der Waals surface area (Å²) in [7, 11) is 1.00. The van der Waals surface area contributed by atoms with Crippen LogP contribution in [-0.2, 0) is 0 Å². The number of rotatable bonds is 2. The molecule has 0 spiro atoms. The van der Waals surface area contributed by atoms with Gasteiger partial charge in [-0.25, -0.2) is 0 Å². The van der Waals surface area contributed by atoms with Crippen molar-refractivity contribution >= 4 is 0 Å². The first-order valence-electron chi connectivity index (χ1n) is 3.08. The predicted molar refractivity (Wildman–Crippen MR) is 46.9 cm³/mol. The molecular formula is C9H16O. The third-order valence-electron chi connectivity index (χ3n) is 1.04. The van der Waals surface area contributed by atoms with Crippen LogP contribution in [0.5, 0.6) is 0 Å². The Labute approximate surface area is 63.4 Å². The summed E-state index contributed by atoms with van der Waals surface area (Å²) in [4.78, 5) is 0. The highest BCUT2D eigenvalue weighted by Crippen LogP contribution is 2.03. The lowest BCUT2D eigenvalue weighted by molar-refractivity contribution is 0.399. The summed E-state index contributed by atoms with van der Waals surface area (Å²) in [6.45, 7) is 11.3. The lowest BCUT2D eigenvalue weighted by Gasteiger charge is -1.92. The van der Waals surface area contributed by atoms with E-state index < -0.39 is 0 Å². The quantitative estimate of drug-likeness (QED) is 0.583. The van der Waals surface area contributed by atoms with Gasteiger partial charge in [0, 0.05) is 7.11 Å². The van der Waals surface area contributed by atoms with Gasteiger partial charge in [0.25, 0.3) is 0 Å². The van der Waals surface area contributed by atoms with Gasteiger partial charge in [-0.05, 0) is 19.4 Å². The van der Waals surface area contributed by atoms with E-state index in [1.807, 2.05) is 19.9 Å². The number of hydrogen-bond donors (Lipinski definition) is 1. The van der Waals surface area contributed by atoms with E-state index >= 15 is 0 Å². The van der Waals surface area contributed by atoms with Gasteiger partial charge >= 0.3 is 0 Å². The molecule has 0 atom stereocenters. The monoisotopic (exact) mass is 140 g/mol. The van der Waals surface area contributed by atoms with Gasteiger partial charge in [0.2, 0.25) is 0 Å². The van der Waals surface area contributed by atoms with Crippen molar-refractivity contribution in [1.29, 1.82) is 0 Å². The summed E-state index contributed by atoms with van der Waals surface area (Å²) in [6, 6.07) is 0. The second-order valence-corrected chi connectivity index (χ2v) is 1.87. The van der Waals surface area contributed by atoms with E-state index in [0.29, 0.717) is 0 Å². The highest BCUT2D eigenvalue weighted by molar-refractivity contribution is 5.26. The summed E-state index contributed by atoms with van der Waals surface area (Å²) < 4.78 is 0. The first-order chi connectivity index (χ1) is 4.68. The van der Waals surface area contributed by atoms with E-state index in [0.717, 1.165) is 12.7 Å². The fraction of sp³-hybridized carbons (Fsp3) is 0.333. The Kier molecular flexibility index (Phi) is 9.75. The highest BCUT2D eigenvalue weighted by Gasteiger charge is 1.82. The molecule has 0 radical (unpaired) electrons. The van der Waals surface area contributed by atoms with Crippen LogP contribution in [-0.4, -0.2) is 12.2 Å². The third kappa shape index (κ3) is 7.18. The molecule has 0 aliphatic heterocycles. The van der Waals surface area contributed by atoms with Crippen LogP contribution in [0.25, 0.3) is 0 Å². The molecular weight excluding hydrogens is 124 g/mol. The molecule has 0 aromatic heterocycles. The van der Waals surface area contributed by atoms with E-state index in [9.17, 15) is 0 Å². The summed E-state index contributed by atoms with van der Waals surface area (Å²) in [5, 5.41) is 7.00. The molecule has 10 heavy (non-hydrogen) atoms. The minimum absolute atomic E-state index is 1.00. The maximum absolute atomic E-state index is 7.00. The molecule has 0 unspecified atom stereocenters. The van der Waals surface area contributed by atoms with Crippen LogP contribution in [0.15, 0.2) is 36.5 Å². The summed E-state index contributed by atoms with van der Waals surface area (Å²) in [6.07, 6.45) is 3.71. The smallest absolute Gasteiger partial charge is 0.0319 e. The zero-order valence-corrected chi connectivity index (χ0v) is 7.02. The Morgan fingerprint density at radius 3 is 1.80 bits per heavy atom. The lowest BCUT2D eigenvalue weighted by Crippen LogP contribution is -1.72. The topological polar surface area (TPSA) is 20.2 Å². The van der Waals surface area contributed by atoms with Crippen molar-refractivity contribution in [2.24, 2.45) is 0 Å². The molecule has 0 rings (SSSR count). The Balaban J connectivity index is 0. The predicted octanol–water partition coefficient (Wildman–Crippen LogP) is 2.30. The Hall–Kier alpha value is -0.820. The molecule has 58 valence electrons. The van der Waals surface area contributed by atoms with Crippen molar-refractivity contribution in [2.75, 3.05) is 7.11 Å². The van der Waals surface area contributed by atoms with Gasteiger partial charge in [-0.1, -0.05) is 30.9 Å². The largest absolute Gasteiger partial charge is 0.400 e. The zero-order chi connectivity index (χ0) is 8.57. The maximum Gasteiger partial charge on any atom is 0.0319 e. The van der Waals surface area contributed by atoms with Crippen LogP contribution >= 0.6 is 0 Å². The number of allylic oxidation sites excluding steroid dienone is 4. The van der Waals surface area contributed by atoms with E-state index in [1.165, 1.54) is 5.57 Å². The second-order valence-electron chi connectivity index (χ2n) is 1.87. The molecule has 1 nitrogen and oxygen atoms in total. The van der Waals surface area contributed by atoms with Gasteiger partial charge < -0.3 is 5.11 Å². The summed E-state index contributed by atoms with van der Waals surface area (Å²) in [5.41, 5.74) is 2.30. The molecule has 1 heteroatoms. The van der Waals surface area contributed by atoms with E-state index in [2.05, 4.69) is 13.2 Å². The number of aliphatic hydroxyl groups is 1. The van der Waals surface area contributed by atoms with Crippen LogP contribution in [0.4, 0.5) is 0 Å². The SMILES string of the molecule is C=C/C=C(/C)C(=C)C.CO.